The number of Topliss-reactive ketones (excluding diaryl/α,β-unsaturated/α-hetero) is 1. The average Bonchev–Trinajstić information content (AvgIpc) is 3.20. The molecule has 0 radical (unpaired) electrons. The molecule has 182 valence electrons. The molecule has 7 nitrogen and oxygen atoms in total. The predicted octanol–water partition coefficient (Wildman–Crippen LogP) is 6.27. The third-order valence-corrected chi connectivity index (χ3v) is 8.87. The Morgan fingerprint density at radius 2 is 2.06 bits per heavy atom. The number of nitro groups is 1. The van der Waals surface area contributed by atoms with Crippen molar-refractivity contribution in [2.24, 2.45) is 11.1 Å². The third-order valence-electron chi connectivity index (χ3n) is 6.39. The van der Waals surface area contributed by atoms with Gasteiger partial charge in [-0.2, -0.15) is 5.26 Å². The minimum absolute atomic E-state index is 0.00590. The molecule has 35 heavy (non-hydrogen) atoms. The van der Waals surface area contributed by atoms with Crippen molar-refractivity contribution in [3.8, 4) is 6.07 Å². The average molecular weight is 509 g/mol. The molecule has 1 atom stereocenters. The zero-order chi connectivity index (χ0) is 25.5. The van der Waals surface area contributed by atoms with Crippen LogP contribution in [0.25, 0.3) is 0 Å². The van der Waals surface area contributed by atoms with Gasteiger partial charge in [-0.3, -0.25) is 19.8 Å². The van der Waals surface area contributed by atoms with Crippen molar-refractivity contribution >= 4 is 40.3 Å². The van der Waals surface area contributed by atoms with E-state index in [-0.39, 0.29) is 22.7 Å². The fourth-order valence-electron chi connectivity index (χ4n) is 4.92. The van der Waals surface area contributed by atoms with E-state index in [1.807, 2.05) is 13.8 Å². The van der Waals surface area contributed by atoms with Gasteiger partial charge in [0.2, 0.25) is 0 Å². The number of aryl methyl sites for hydroxylation is 1. The fourth-order valence-corrected chi connectivity index (χ4v) is 7.30. The van der Waals surface area contributed by atoms with Crippen molar-refractivity contribution < 1.29 is 9.72 Å². The number of anilines is 1. The number of carbonyl (C=O) groups is 1. The molecular formula is C26H28N4O3S2. The highest BCUT2D eigenvalue weighted by molar-refractivity contribution is 8.01. The topological polar surface area (TPSA) is 113 Å². The zero-order valence-electron chi connectivity index (χ0n) is 20.3. The maximum Gasteiger partial charge on any atom is 0.271 e. The first-order valence-electron chi connectivity index (χ1n) is 11.6. The largest absolute Gasteiger partial charge is 0.384 e. The van der Waals surface area contributed by atoms with E-state index in [1.165, 1.54) is 17.0 Å². The number of nitro benzene ring substituents is 1. The first-order valence-corrected chi connectivity index (χ1v) is 13.4. The van der Waals surface area contributed by atoms with E-state index in [1.54, 1.807) is 40.1 Å². The number of carbonyl (C=O) groups excluding carboxylic acids is 1. The van der Waals surface area contributed by atoms with Crippen LogP contribution in [0.15, 0.2) is 57.2 Å². The third kappa shape index (κ3) is 4.48. The predicted molar refractivity (Wildman–Crippen MR) is 140 cm³/mol. The number of thiophene rings is 1. The number of non-ortho nitro benzene ring substituents is 1. The standard InChI is InChI=1S/C26H28N4O3S2/c1-5-17-11-18(25(35-17)34-6-2)22-19(14-27)24(28)29(15-8-7-9-16(10-15)30(32)33)20-12-26(3,4)13-21(31)23(20)22/h7-11,22H,5-6,12-13,28H2,1-4H3/t22-/m0/s1. The van der Waals surface area contributed by atoms with Crippen LogP contribution in [0.5, 0.6) is 0 Å². The van der Waals surface area contributed by atoms with Crippen molar-refractivity contribution in [1.29, 1.82) is 5.26 Å². The number of nitriles is 1. The van der Waals surface area contributed by atoms with Gasteiger partial charge in [0.15, 0.2) is 5.78 Å². The number of nitrogens with two attached hydrogens (primary N) is 1. The summed E-state index contributed by atoms with van der Waals surface area (Å²) in [5.74, 6) is 0.545. The first-order chi connectivity index (χ1) is 16.6. The molecule has 2 N–H and O–H groups in total. The molecular weight excluding hydrogens is 480 g/mol. The van der Waals surface area contributed by atoms with Crippen molar-refractivity contribution in [3.05, 3.63) is 73.6 Å². The number of hydrogen-bond acceptors (Lipinski definition) is 8. The van der Waals surface area contributed by atoms with Crippen molar-refractivity contribution in [3.63, 3.8) is 0 Å². The minimum Gasteiger partial charge on any atom is -0.384 e. The summed E-state index contributed by atoms with van der Waals surface area (Å²) < 4.78 is 1.10. The molecule has 0 bridgehead atoms. The molecule has 2 aliphatic rings. The molecule has 4 rings (SSSR count). The number of benzene rings is 1. The van der Waals surface area contributed by atoms with Gasteiger partial charge in [-0.1, -0.05) is 33.8 Å². The summed E-state index contributed by atoms with van der Waals surface area (Å²) in [6.07, 6.45) is 1.79. The quantitative estimate of drug-likeness (QED) is 0.278. The molecule has 1 aromatic heterocycles. The van der Waals surface area contributed by atoms with E-state index in [2.05, 4.69) is 26.0 Å². The number of nitrogens with zero attached hydrogens (tertiary/aromatic N) is 3. The number of ketones is 1. The number of hydrogen-bond donors (Lipinski definition) is 1. The SMILES string of the molecule is CCSc1sc(CC)cc1[C@H]1C(C#N)=C(N)N(c2cccc([N+](=O)[O-])c2)C2=C1C(=O)CC(C)(C)C2. The van der Waals surface area contributed by atoms with Crippen molar-refractivity contribution in [2.45, 2.75) is 57.1 Å². The highest BCUT2D eigenvalue weighted by Gasteiger charge is 2.45. The lowest BCUT2D eigenvalue weighted by molar-refractivity contribution is -0.384. The number of thioether (sulfide) groups is 1. The smallest absolute Gasteiger partial charge is 0.271 e. The Morgan fingerprint density at radius 3 is 2.69 bits per heavy atom. The number of allylic oxidation sites excluding steroid dienone is 3. The molecule has 0 fully saturated rings. The first kappa shape index (κ1) is 25.0. The highest BCUT2D eigenvalue weighted by Crippen LogP contribution is 2.52. The molecule has 0 spiro atoms. The van der Waals surface area contributed by atoms with Gasteiger partial charge >= 0.3 is 0 Å². The lowest BCUT2D eigenvalue weighted by Crippen LogP contribution is -2.42. The Morgan fingerprint density at radius 1 is 1.31 bits per heavy atom. The van der Waals surface area contributed by atoms with Crippen molar-refractivity contribution in [1.82, 2.24) is 0 Å². The van der Waals surface area contributed by atoms with Gasteiger partial charge in [-0.05, 0) is 41.7 Å². The monoisotopic (exact) mass is 508 g/mol. The van der Waals surface area contributed by atoms with Crippen LogP contribution in [0.3, 0.4) is 0 Å². The van der Waals surface area contributed by atoms with Gasteiger partial charge in [-0.15, -0.1) is 23.1 Å². The molecule has 2 aromatic rings. The Labute approximate surface area is 213 Å². The van der Waals surface area contributed by atoms with Gasteiger partial charge in [0, 0.05) is 34.7 Å². The van der Waals surface area contributed by atoms with E-state index < -0.39 is 10.8 Å². The van der Waals surface area contributed by atoms with E-state index in [4.69, 9.17) is 5.73 Å². The summed E-state index contributed by atoms with van der Waals surface area (Å²) in [4.78, 5) is 27.6. The second-order valence-electron chi connectivity index (χ2n) is 9.50. The summed E-state index contributed by atoms with van der Waals surface area (Å²) in [5.41, 5.74) is 9.35. The number of rotatable bonds is 6. The summed E-state index contributed by atoms with van der Waals surface area (Å²) in [7, 11) is 0. The lowest BCUT2D eigenvalue weighted by atomic mass is 9.69. The highest BCUT2D eigenvalue weighted by atomic mass is 32.2. The molecule has 0 saturated carbocycles. The van der Waals surface area contributed by atoms with Gasteiger partial charge in [0.05, 0.1) is 32.4 Å². The van der Waals surface area contributed by atoms with E-state index >= 15 is 0 Å². The van der Waals surface area contributed by atoms with E-state index in [0.717, 1.165) is 27.6 Å². The second-order valence-corrected chi connectivity index (χ2v) is 12.2. The lowest BCUT2D eigenvalue weighted by Gasteiger charge is -2.43. The van der Waals surface area contributed by atoms with Crippen LogP contribution in [-0.4, -0.2) is 16.5 Å². The normalized spacial score (nSPS) is 19.6. The maximum absolute atomic E-state index is 13.7. The van der Waals surface area contributed by atoms with Gasteiger partial charge in [0.25, 0.3) is 5.69 Å². The summed E-state index contributed by atoms with van der Waals surface area (Å²) in [6, 6.07) is 10.6. The molecule has 0 saturated heterocycles. The fraction of sp³-hybridized carbons (Fsp3) is 0.385. The van der Waals surface area contributed by atoms with Crippen LogP contribution >= 0.6 is 23.1 Å². The molecule has 2 heterocycles. The van der Waals surface area contributed by atoms with E-state index in [0.29, 0.717) is 29.7 Å². The van der Waals surface area contributed by atoms with Gasteiger partial charge < -0.3 is 5.73 Å². The molecule has 1 aromatic carbocycles. The summed E-state index contributed by atoms with van der Waals surface area (Å²) >= 11 is 3.41. The van der Waals surface area contributed by atoms with Gasteiger partial charge in [0.1, 0.15) is 5.82 Å². The molecule has 0 amide bonds. The zero-order valence-corrected chi connectivity index (χ0v) is 21.9. The molecule has 0 unspecified atom stereocenters. The Bertz CT molecular complexity index is 1320. The Balaban J connectivity index is 2.01. The van der Waals surface area contributed by atoms with Crippen molar-refractivity contribution in [2.75, 3.05) is 10.7 Å². The molecule has 1 aliphatic heterocycles. The van der Waals surface area contributed by atoms with Crippen LogP contribution in [0.1, 0.15) is 56.9 Å². The van der Waals surface area contributed by atoms with Crippen LogP contribution < -0.4 is 10.6 Å². The minimum atomic E-state index is -0.542. The molecule has 9 heteroatoms. The molecule has 1 aliphatic carbocycles. The summed E-state index contributed by atoms with van der Waals surface area (Å²) in [6.45, 7) is 8.24. The Kier molecular flexibility index (Phi) is 6.80. The van der Waals surface area contributed by atoms with Crippen LogP contribution in [0.2, 0.25) is 0 Å². The van der Waals surface area contributed by atoms with Crippen LogP contribution in [0, 0.1) is 26.9 Å². The van der Waals surface area contributed by atoms with Gasteiger partial charge in [-0.25, -0.2) is 0 Å². The van der Waals surface area contributed by atoms with E-state index in [9.17, 15) is 20.2 Å². The summed E-state index contributed by atoms with van der Waals surface area (Å²) in [5, 5.41) is 21.8. The second kappa shape index (κ2) is 9.51. The Hall–Kier alpha value is -3.09. The maximum atomic E-state index is 13.7. The van der Waals surface area contributed by atoms with Crippen LogP contribution in [0.4, 0.5) is 11.4 Å². The van der Waals surface area contributed by atoms with Crippen LogP contribution in [-0.2, 0) is 11.2 Å².